The van der Waals surface area contributed by atoms with Gasteiger partial charge in [0.1, 0.15) is 0 Å². The third kappa shape index (κ3) is 5.00. The summed E-state index contributed by atoms with van der Waals surface area (Å²) in [4.78, 5) is 22.1. The van der Waals surface area contributed by atoms with Gasteiger partial charge in [0.15, 0.2) is 10.9 Å². The van der Waals surface area contributed by atoms with Crippen LogP contribution in [0.25, 0.3) is 6.08 Å². The molecule has 0 N–H and O–H groups in total. The quantitative estimate of drug-likeness (QED) is 0.747. The van der Waals surface area contributed by atoms with Crippen molar-refractivity contribution in [2.45, 2.75) is 20.3 Å². The van der Waals surface area contributed by atoms with E-state index in [9.17, 15) is 9.59 Å². The van der Waals surface area contributed by atoms with Crippen LogP contribution in [-0.4, -0.2) is 16.7 Å². The summed E-state index contributed by atoms with van der Waals surface area (Å²) >= 11 is 1.28. The van der Waals surface area contributed by atoms with E-state index in [2.05, 4.69) is 0 Å². The van der Waals surface area contributed by atoms with Gasteiger partial charge in [-0.25, -0.2) is 0 Å². The molecule has 0 spiro atoms. The molecule has 3 heteroatoms. The van der Waals surface area contributed by atoms with E-state index < -0.39 is 0 Å². The first kappa shape index (κ1) is 13.7. The van der Waals surface area contributed by atoms with Crippen molar-refractivity contribution in [2.24, 2.45) is 0 Å². The lowest BCUT2D eigenvalue weighted by Crippen LogP contribution is -1.95. The number of rotatable bonds is 5. The monoisotopic (exact) mass is 248 g/mol. The summed E-state index contributed by atoms with van der Waals surface area (Å²) in [6.07, 6.45) is 4.43. The zero-order chi connectivity index (χ0) is 12.7. The second-order valence-corrected chi connectivity index (χ2v) is 4.80. The fourth-order valence-electron chi connectivity index (χ4n) is 1.33. The van der Waals surface area contributed by atoms with E-state index in [-0.39, 0.29) is 10.9 Å². The normalized spacial score (nSPS) is 10.7. The van der Waals surface area contributed by atoms with Crippen LogP contribution in [0.4, 0.5) is 0 Å². The van der Waals surface area contributed by atoms with E-state index in [1.807, 2.05) is 43.3 Å². The van der Waals surface area contributed by atoms with E-state index in [0.717, 1.165) is 11.1 Å². The molecule has 0 aliphatic rings. The number of carbonyl (C=O) groups excluding carboxylic acids is 2. The lowest BCUT2D eigenvalue weighted by atomic mass is 10.1. The molecule has 0 aromatic heterocycles. The largest absolute Gasteiger partial charge is 0.294 e. The molecule has 2 nitrogen and oxygen atoms in total. The van der Waals surface area contributed by atoms with Crippen molar-refractivity contribution >= 4 is 28.7 Å². The van der Waals surface area contributed by atoms with E-state index in [1.54, 1.807) is 6.92 Å². The summed E-state index contributed by atoms with van der Waals surface area (Å²) in [6, 6.07) is 7.50. The number of hydrogen-bond acceptors (Lipinski definition) is 3. The summed E-state index contributed by atoms with van der Waals surface area (Å²) < 4.78 is 0. The van der Waals surface area contributed by atoms with E-state index >= 15 is 0 Å². The van der Waals surface area contributed by atoms with Crippen molar-refractivity contribution in [1.29, 1.82) is 0 Å². The second-order valence-electron chi connectivity index (χ2n) is 3.60. The molecule has 0 radical (unpaired) electrons. The number of ketones is 1. The SMILES string of the molecule is CCC(=O)c1ccc(C=CCSC(C)=O)cc1. The Bertz CT molecular complexity index is 418. The highest BCUT2D eigenvalue weighted by atomic mass is 32.2. The van der Waals surface area contributed by atoms with Crippen molar-refractivity contribution in [3.63, 3.8) is 0 Å². The van der Waals surface area contributed by atoms with Gasteiger partial charge in [0.25, 0.3) is 0 Å². The molecule has 0 heterocycles. The Labute approximate surface area is 106 Å². The maximum atomic E-state index is 11.4. The predicted octanol–water partition coefficient (Wildman–Crippen LogP) is 3.57. The summed E-state index contributed by atoms with van der Waals surface area (Å²) in [7, 11) is 0. The number of thioether (sulfide) groups is 1. The summed E-state index contributed by atoms with van der Waals surface area (Å²) in [5.41, 5.74) is 1.80. The fourth-order valence-corrected chi connectivity index (χ4v) is 1.76. The van der Waals surface area contributed by atoms with Gasteiger partial charge in [0, 0.05) is 24.7 Å². The van der Waals surface area contributed by atoms with E-state index in [4.69, 9.17) is 0 Å². The highest BCUT2D eigenvalue weighted by Gasteiger charge is 2.00. The van der Waals surface area contributed by atoms with Crippen LogP contribution in [0.1, 0.15) is 36.2 Å². The van der Waals surface area contributed by atoms with Crippen molar-refractivity contribution in [3.05, 3.63) is 41.5 Å². The zero-order valence-corrected chi connectivity index (χ0v) is 10.9. The van der Waals surface area contributed by atoms with Gasteiger partial charge in [0.2, 0.25) is 0 Å². The maximum absolute atomic E-state index is 11.4. The van der Waals surface area contributed by atoms with Gasteiger partial charge >= 0.3 is 0 Å². The standard InChI is InChI=1S/C14H16O2S/c1-3-14(16)13-8-6-12(7-9-13)5-4-10-17-11(2)15/h4-9H,3,10H2,1-2H3. The average molecular weight is 248 g/mol. The minimum absolute atomic E-state index is 0.124. The van der Waals surface area contributed by atoms with Crippen LogP contribution in [0, 0.1) is 0 Å². The molecule has 1 aromatic carbocycles. The van der Waals surface area contributed by atoms with Crippen LogP contribution in [0.3, 0.4) is 0 Å². The number of Topliss-reactive ketones (excluding diaryl/α,β-unsaturated/α-hetero) is 1. The van der Waals surface area contributed by atoms with E-state index in [0.29, 0.717) is 12.2 Å². The lowest BCUT2D eigenvalue weighted by Gasteiger charge is -1.98. The molecule has 0 saturated heterocycles. The number of benzene rings is 1. The summed E-state index contributed by atoms with van der Waals surface area (Å²) in [6.45, 7) is 3.42. The fraction of sp³-hybridized carbons (Fsp3) is 0.286. The Hall–Kier alpha value is -1.35. The van der Waals surface area contributed by atoms with Crippen molar-refractivity contribution in [1.82, 2.24) is 0 Å². The molecule has 0 fully saturated rings. The van der Waals surface area contributed by atoms with Crippen molar-refractivity contribution in [2.75, 3.05) is 5.75 Å². The van der Waals surface area contributed by atoms with Gasteiger partial charge in [-0.1, -0.05) is 55.1 Å². The minimum Gasteiger partial charge on any atom is -0.294 e. The molecule has 90 valence electrons. The Balaban J connectivity index is 2.56. The Morgan fingerprint density at radius 3 is 2.41 bits per heavy atom. The van der Waals surface area contributed by atoms with Crippen LogP contribution >= 0.6 is 11.8 Å². The van der Waals surface area contributed by atoms with E-state index in [1.165, 1.54) is 11.8 Å². The minimum atomic E-state index is 0.124. The van der Waals surface area contributed by atoms with Crippen LogP contribution in [-0.2, 0) is 4.79 Å². The molecular weight excluding hydrogens is 232 g/mol. The molecule has 0 aliphatic carbocycles. The summed E-state index contributed by atoms with van der Waals surface area (Å²) in [5.74, 6) is 0.845. The summed E-state index contributed by atoms with van der Waals surface area (Å²) in [5, 5.41) is 0.124. The topological polar surface area (TPSA) is 34.1 Å². The van der Waals surface area contributed by atoms with Gasteiger partial charge in [-0.3, -0.25) is 9.59 Å². The van der Waals surface area contributed by atoms with Crippen molar-refractivity contribution in [3.8, 4) is 0 Å². The van der Waals surface area contributed by atoms with Crippen LogP contribution in [0.15, 0.2) is 30.3 Å². The highest BCUT2D eigenvalue weighted by molar-refractivity contribution is 8.13. The van der Waals surface area contributed by atoms with Gasteiger partial charge in [-0.2, -0.15) is 0 Å². The molecule has 1 rings (SSSR count). The molecule has 1 aromatic rings. The maximum Gasteiger partial charge on any atom is 0.186 e. The predicted molar refractivity (Wildman–Crippen MR) is 73.2 cm³/mol. The molecule has 17 heavy (non-hydrogen) atoms. The van der Waals surface area contributed by atoms with Crippen LogP contribution < -0.4 is 0 Å². The molecule has 0 unspecified atom stereocenters. The first-order valence-electron chi connectivity index (χ1n) is 5.56. The third-order valence-corrected chi connectivity index (χ3v) is 3.01. The lowest BCUT2D eigenvalue weighted by molar-refractivity contribution is -0.109. The molecule has 0 aliphatic heterocycles. The molecule has 0 bridgehead atoms. The molecule has 0 amide bonds. The van der Waals surface area contributed by atoms with Crippen molar-refractivity contribution < 1.29 is 9.59 Å². The van der Waals surface area contributed by atoms with Gasteiger partial charge in [-0.15, -0.1) is 0 Å². The Morgan fingerprint density at radius 2 is 1.88 bits per heavy atom. The number of carbonyl (C=O) groups is 2. The van der Waals surface area contributed by atoms with Crippen LogP contribution in [0.5, 0.6) is 0 Å². The van der Waals surface area contributed by atoms with Crippen LogP contribution in [0.2, 0.25) is 0 Å². The van der Waals surface area contributed by atoms with Gasteiger partial charge < -0.3 is 0 Å². The Kier molecular flexibility index (Phi) is 5.70. The first-order chi connectivity index (χ1) is 8.13. The van der Waals surface area contributed by atoms with Gasteiger partial charge in [-0.05, 0) is 5.56 Å². The molecular formula is C14H16O2S. The second kappa shape index (κ2) is 7.07. The Morgan fingerprint density at radius 1 is 1.24 bits per heavy atom. The average Bonchev–Trinajstić information content (AvgIpc) is 2.34. The highest BCUT2D eigenvalue weighted by Crippen LogP contribution is 2.09. The smallest absolute Gasteiger partial charge is 0.186 e. The molecule has 0 saturated carbocycles. The third-order valence-electron chi connectivity index (χ3n) is 2.25. The molecule has 0 atom stereocenters. The first-order valence-corrected chi connectivity index (χ1v) is 6.55. The van der Waals surface area contributed by atoms with Gasteiger partial charge in [0.05, 0.1) is 0 Å². The zero-order valence-electron chi connectivity index (χ0n) is 10.1. The number of hydrogen-bond donors (Lipinski definition) is 0.